The maximum Gasteiger partial charge on any atom is 0.164 e. The Hall–Kier alpha value is -10.2. The first-order valence-electron chi connectivity index (χ1n) is 25.8. The molecule has 1 spiro atoms. The van der Waals surface area contributed by atoms with Gasteiger partial charge in [-0.3, -0.25) is 0 Å². The molecule has 0 unspecified atom stereocenters. The summed E-state index contributed by atoms with van der Waals surface area (Å²) >= 11 is 0. The number of hydrogen-bond donors (Lipinski definition) is 0. The summed E-state index contributed by atoms with van der Waals surface area (Å²) in [5, 5.41) is 4.86. The fraction of sp³-hybridized carbons (Fsp3) is 0.0143. The van der Waals surface area contributed by atoms with Crippen LogP contribution in [0.2, 0.25) is 0 Å². The van der Waals surface area contributed by atoms with E-state index in [4.69, 9.17) is 19.7 Å². The number of ether oxygens (including phenoxy) is 1. The highest BCUT2D eigenvalue weighted by Crippen LogP contribution is 2.63. The van der Waals surface area contributed by atoms with Crippen molar-refractivity contribution in [3.63, 3.8) is 0 Å². The third kappa shape index (κ3) is 6.12. The van der Waals surface area contributed by atoms with Crippen molar-refractivity contribution in [1.82, 2.24) is 24.1 Å². The molecule has 2 aliphatic rings. The lowest BCUT2D eigenvalue weighted by molar-refractivity contribution is 0.436. The minimum atomic E-state index is -0.714. The lowest BCUT2D eigenvalue weighted by Crippen LogP contribution is -2.32. The van der Waals surface area contributed by atoms with Crippen LogP contribution < -0.4 is 4.74 Å². The molecular weight excluding hydrogens is 927 g/mol. The van der Waals surface area contributed by atoms with Crippen molar-refractivity contribution in [2.24, 2.45) is 0 Å². The molecule has 6 nitrogen and oxygen atoms in total. The first kappa shape index (κ1) is 42.3. The van der Waals surface area contributed by atoms with Crippen molar-refractivity contribution in [1.29, 1.82) is 0 Å². The molecule has 0 amide bonds. The van der Waals surface area contributed by atoms with Gasteiger partial charge in [-0.15, -0.1) is 0 Å². The summed E-state index contributed by atoms with van der Waals surface area (Å²) in [5.74, 6) is 3.54. The maximum atomic E-state index is 6.78. The molecule has 0 N–H and O–H groups in total. The average Bonchev–Trinajstić information content (AvgIpc) is 4.31. The Morgan fingerprint density at radius 1 is 0.289 bits per heavy atom. The van der Waals surface area contributed by atoms with Crippen LogP contribution in [0.4, 0.5) is 0 Å². The summed E-state index contributed by atoms with van der Waals surface area (Å²) in [4.78, 5) is 15.5. The largest absolute Gasteiger partial charge is 0.457 e. The Balaban J connectivity index is 0.935. The van der Waals surface area contributed by atoms with Crippen LogP contribution in [0.1, 0.15) is 22.3 Å². The quantitative estimate of drug-likeness (QED) is 0.167. The number of fused-ring (bicyclic) bond motifs is 16. The number of nitrogens with zero attached hydrogens (tertiary/aromatic N) is 5. The van der Waals surface area contributed by atoms with E-state index in [9.17, 15) is 0 Å². The van der Waals surface area contributed by atoms with Gasteiger partial charge in [0.25, 0.3) is 0 Å². The van der Waals surface area contributed by atoms with Gasteiger partial charge in [-0.25, -0.2) is 15.0 Å². The molecule has 6 heteroatoms. The van der Waals surface area contributed by atoms with Crippen LogP contribution in [0.25, 0.3) is 111 Å². The summed E-state index contributed by atoms with van der Waals surface area (Å²) in [6, 6.07) is 93.4. The zero-order valence-corrected chi connectivity index (χ0v) is 41.0. The van der Waals surface area contributed by atoms with Gasteiger partial charge >= 0.3 is 0 Å². The molecule has 354 valence electrons. The van der Waals surface area contributed by atoms with Gasteiger partial charge in [-0.05, 0) is 94.0 Å². The Morgan fingerprint density at radius 3 is 1.37 bits per heavy atom. The average molecular weight is 970 g/mol. The second-order valence-corrected chi connectivity index (χ2v) is 19.9. The Kier molecular flexibility index (Phi) is 9.15. The summed E-state index contributed by atoms with van der Waals surface area (Å²) in [5.41, 5.74) is 18.1. The first-order chi connectivity index (χ1) is 37.7. The van der Waals surface area contributed by atoms with Gasteiger partial charge in [0, 0.05) is 60.7 Å². The SMILES string of the molecule is c1ccc(-c2nc(-c3ccccc3)nc(-c3ccc4c(c3)C3(c5ccccc5Oc5ccccc53)c3ccc(-c5ccc6c7ccc8c9ccccc9n(-c9ccccc9)c8c7n(-c7ccccc7)c6c5)cc3-4)n2)cc1. The fourth-order valence-corrected chi connectivity index (χ4v) is 12.6. The molecule has 0 atom stereocenters. The molecule has 0 bridgehead atoms. The van der Waals surface area contributed by atoms with Crippen molar-refractivity contribution in [3.05, 3.63) is 283 Å². The normalized spacial score (nSPS) is 12.9. The van der Waals surface area contributed by atoms with Crippen LogP contribution in [0.3, 0.4) is 0 Å². The minimum absolute atomic E-state index is 0.611. The van der Waals surface area contributed by atoms with Crippen molar-refractivity contribution in [2.75, 3.05) is 0 Å². The van der Waals surface area contributed by atoms with Crippen LogP contribution in [-0.2, 0) is 5.41 Å². The second kappa shape index (κ2) is 16.4. The Morgan fingerprint density at radius 2 is 0.750 bits per heavy atom. The lowest BCUT2D eigenvalue weighted by Gasteiger charge is -2.39. The van der Waals surface area contributed by atoms with E-state index < -0.39 is 5.41 Å². The van der Waals surface area contributed by atoms with Crippen molar-refractivity contribution in [3.8, 4) is 79.3 Å². The molecule has 0 saturated heterocycles. The highest BCUT2D eigenvalue weighted by Gasteiger charge is 2.51. The van der Waals surface area contributed by atoms with Crippen LogP contribution in [0.15, 0.2) is 261 Å². The van der Waals surface area contributed by atoms with Crippen molar-refractivity contribution < 1.29 is 4.74 Å². The van der Waals surface area contributed by atoms with E-state index in [0.29, 0.717) is 17.5 Å². The van der Waals surface area contributed by atoms with Crippen LogP contribution >= 0.6 is 0 Å². The van der Waals surface area contributed by atoms with Crippen molar-refractivity contribution >= 4 is 43.6 Å². The smallest absolute Gasteiger partial charge is 0.164 e. The monoisotopic (exact) mass is 969 g/mol. The number of para-hydroxylation sites is 5. The zero-order valence-electron chi connectivity index (χ0n) is 41.0. The van der Waals surface area contributed by atoms with E-state index in [0.717, 1.165) is 78.5 Å². The van der Waals surface area contributed by atoms with E-state index in [1.165, 1.54) is 49.2 Å². The van der Waals surface area contributed by atoms with Gasteiger partial charge in [0.05, 0.1) is 27.5 Å². The zero-order chi connectivity index (χ0) is 49.9. The van der Waals surface area contributed by atoms with Gasteiger partial charge in [-0.2, -0.15) is 0 Å². The molecule has 1 aliphatic carbocycles. The summed E-state index contributed by atoms with van der Waals surface area (Å²) < 4.78 is 11.7. The van der Waals surface area contributed by atoms with Gasteiger partial charge in [0.1, 0.15) is 11.5 Å². The van der Waals surface area contributed by atoms with Crippen LogP contribution in [0, 0.1) is 0 Å². The fourth-order valence-electron chi connectivity index (χ4n) is 12.6. The molecule has 4 heterocycles. The molecular formula is C70H43N5O. The molecule has 14 aromatic rings. The summed E-state index contributed by atoms with van der Waals surface area (Å²) in [6.45, 7) is 0. The molecule has 3 aromatic heterocycles. The van der Waals surface area contributed by atoms with Crippen LogP contribution in [0.5, 0.6) is 11.5 Å². The molecule has 0 radical (unpaired) electrons. The molecule has 1 aliphatic heterocycles. The second-order valence-electron chi connectivity index (χ2n) is 19.9. The molecule has 76 heavy (non-hydrogen) atoms. The molecule has 11 aromatic carbocycles. The summed E-state index contributed by atoms with van der Waals surface area (Å²) in [7, 11) is 0. The van der Waals surface area contributed by atoms with E-state index in [2.05, 4.69) is 234 Å². The predicted molar refractivity (Wildman–Crippen MR) is 308 cm³/mol. The Bertz CT molecular complexity index is 4550. The molecule has 16 rings (SSSR count). The highest BCUT2D eigenvalue weighted by atomic mass is 16.5. The predicted octanol–water partition coefficient (Wildman–Crippen LogP) is 17.2. The van der Waals surface area contributed by atoms with Crippen LogP contribution in [-0.4, -0.2) is 24.1 Å². The van der Waals surface area contributed by atoms with Gasteiger partial charge in [0.15, 0.2) is 17.5 Å². The lowest BCUT2D eigenvalue weighted by atomic mass is 9.66. The number of rotatable bonds is 6. The standard InChI is InChI=1S/C70H43N5O/c1-5-19-44(20-6-1)67-71-68(45-21-7-2-8-22-45)73-69(72-67)48-34-36-51-56-41-46(35-40-57(56)70(60(51)42-48)58-28-14-17-31-63(58)76-64-32-18-15-29-59(64)70)47-33-37-53-55-39-38-54-52-27-13-16-30-61(52)74(49-23-9-3-10-24-49)65(54)66(55)75(62(53)43-47)50-25-11-4-12-26-50/h1-43H. The number of hydrogen-bond acceptors (Lipinski definition) is 4. The third-order valence-corrected chi connectivity index (χ3v) is 15.8. The maximum absolute atomic E-state index is 6.78. The van der Waals surface area contributed by atoms with E-state index in [1.807, 2.05) is 36.4 Å². The number of benzene rings is 11. The van der Waals surface area contributed by atoms with E-state index in [1.54, 1.807) is 0 Å². The van der Waals surface area contributed by atoms with Crippen molar-refractivity contribution in [2.45, 2.75) is 5.41 Å². The van der Waals surface area contributed by atoms with E-state index >= 15 is 0 Å². The Labute approximate surface area is 438 Å². The number of aromatic nitrogens is 5. The van der Waals surface area contributed by atoms with Gasteiger partial charge in [-0.1, -0.05) is 200 Å². The highest BCUT2D eigenvalue weighted by molar-refractivity contribution is 6.24. The summed E-state index contributed by atoms with van der Waals surface area (Å²) in [6.07, 6.45) is 0. The molecule has 0 saturated carbocycles. The first-order valence-corrected chi connectivity index (χ1v) is 25.8. The molecule has 0 fully saturated rings. The van der Waals surface area contributed by atoms with Gasteiger partial charge < -0.3 is 13.9 Å². The topological polar surface area (TPSA) is 57.8 Å². The van der Waals surface area contributed by atoms with Gasteiger partial charge in [0.2, 0.25) is 0 Å². The minimum Gasteiger partial charge on any atom is -0.457 e. The van der Waals surface area contributed by atoms with E-state index in [-0.39, 0.29) is 0 Å². The third-order valence-electron chi connectivity index (χ3n) is 15.8.